The Morgan fingerprint density at radius 1 is 1.07 bits per heavy atom. The summed E-state index contributed by atoms with van der Waals surface area (Å²) in [4.78, 5) is 27.9. The molecule has 0 fully saturated rings. The van der Waals surface area contributed by atoms with E-state index in [2.05, 4.69) is 15.6 Å². The van der Waals surface area contributed by atoms with E-state index in [1.165, 1.54) is 25.4 Å². The molecule has 0 aliphatic rings. The fourth-order valence-electron chi connectivity index (χ4n) is 2.69. The van der Waals surface area contributed by atoms with E-state index >= 15 is 0 Å². The highest BCUT2D eigenvalue weighted by molar-refractivity contribution is 6.31. The lowest BCUT2D eigenvalue weighted by molar-refractivity contribution is 0.0947. The van der Waals surface area contributed by atoms with Crippen LogP contribution < -0.4 is 15.4 Å². The fourth-order valence-corrected chi connectivity index (χ4v) is 2.87. The van der Waals surface area contributed by atoms with E-state index < -0.39 is 5.82 Å². The molecule has 6 nitrogen and oxygen atoms in total. The number of aromatic nitrogens is 1. The second-order valence-corrected chi connectivity index (χ2v) is 6.75. The molecule has 0 unspecified atom stereocenters. The summed E-state index contributed by atoms with van der Waals surface area (Å²) in [5, 5.41) is 5.20. The van der Waals surface area contributed by atoms with E-state index in [0.29, 0.717) is 30.0 Å². The van der Waals surface area contributed by atoms with Crippen molar-refractivity contribution < 1.29 is 18.7 Å². The average Bonchev–Trinajstić information content (AvgIpc) is 2.75. The Labute approximate surface area is 178 Å². The van der Waals surface area contributed by atoms with Crippen molar-refractivity contribution in [1.82, 2.24) is 15.6 Å². The summed E-state index contributed by atoms with van der Waals surface area (Å²) in [5.74, 6) is -0.114. The molecule has 0 aliphatic heterocycles. The topological polar surface area (TPSA) is 80.3 Å². The number of hydrogen-bond acceptors (Lipinski definition) is 4. The van der Waals surface area contributed by atoms with Gasteiger partial charge in [0.1, 0.15) is 23.0 Å². The van der Waals surface area contributed by atoms with Gasteiger partial charge in [0.25, 0.3) is 11.8 Å². The van der Waals surface area contributed by atoms with Crippen molar-refractivity contribution in [2.45, 2.75) is 6.42 Å². The Kier molecular flexibility index (Phi) is 6.98. The molecule has 3 aromatic rings. The summed E-state index contributed by atoms with van der Waals surface area (Å²) < 4.78 is 19.0. The quantitative estimate of drug-likeness (QED) is 0.597. The molecule has 30 heavy (non-hydrogen) atoms. The first-order valence-corrected chi connectivity index (χ1v) is 9.52. The number of pyridine rings is 1. The third kappa shape index (κ3) is 5.55. The summed E-state index contributed by atoms with van der Waals surface area (Å²) in [6.07, 6.45) is 2.07. The van der Waals surface area contributed by atoms with Crippen LogP contribution in [0.1, 0.15) is 26.4 Å². The molecule has 3 rings (SSSR count). The van der Waals surface area contributed by atoms with Gasteiger partial charge in [-0.1, -0.05) is 23.7 Å². The third-order valence-electron chi connectivity index (χ3n) is 4.21. The standard InChI is InChI=1S/C22H19ClFN3O3/c1-25-22(29)20-13-17(8-10-26-20)30-16-4-2-3-14(11-16)7-9-27-21(28)15-5-6-19(24)18(23)12-15/h2-6,8,10-13H,7,9H2,1H3,(H,25,29)(H,27,28). The first-order valence-electron chi connectivity index (χ1n) is 9.14. The molecule has 154 valence electrons. The first-order chi connectivity index (χ1) is 14.5. The highest BCUT2D eigenvalue weighted by atomic mass is 35.5. The van der Waals surface area contributed by atoms with Crippen LogP contribution >= 0.6 is 11.6 Å². The van der Waals surface area contributed by atoms with Crippen LogP contribution in [0, 0.1) is 5.82 Å². The van der Waals surface area contributed by atoms with Crippen LogP contribution in [0.3, 0.4) is 0 Å². The Bertz CT molecular complexity index is 1070. The minimum atomic E-state index is -0.568. The van der Waals surface area contributed by atoms with Gasteiger partial charge in [0, 0.05) is 31.4 Å². The molecule has 0 saturated heterocycles. The monoisotopic (exact) mass is 427 g/mol. The van der Waals surface area contributed by atoms with Crippen molar-refractivity contribution in [3.63, 3.8) is 0 Å². The van der Waals surface area contributed by atoms with Gasteiger partial charge in [-0.15, -0.1) is 0 Å². The second kappa shape index (κ2) is 9.84. The number of nitrogens with zero attached hydrogens (tertiary/aromatic N) is 1. The van der Waals surface area contributed by atoms with Gasteiger partial charge in [0.15, 0.2) is 0 Å². The summed E-state index contributed by atoms with van der Waals surface area (Å²) in [5.41, 5.74) is 1.50. The number of hydrogen-bond donors (Lipinski definition) is 2. The molecule has 0 spiro atoms. The van der Waals surface area contributed by atoms with Gasteiger partial charge in [-0.2, -0.15) is 0 Å². The summed E-state index contributed by atoms with van der Waals surface area (Å²) in [6, 6.07) is 14.4. The molecular formula is C22H19ClFN3O3. The van der Waals surface area contributed by atoms with E-state index in [1.807, 2.05) is 18.2 Å². The molecule has 0 saturated carbocycles. The van der Waals surface area contributed by atoms with Crippen molar-refractivity contribution >= 4 is 23.4 Å². The van der Waals surface area contributed by atoms with Crippen LogP contribution in [-0.2, 0) is 6.42 Å². The molecule has 2 amide bonds. The SMILES string of the molecule is CNC(=O)c1cc(Oc2cccc(CCNC(=O)c3ccc(F)c(Cl)c3)c2)ccn1. The van der Waals surface area contributed by atoms with E-state index in [9.17, 15) is 14.0 Å². The lowest BCUT2D eigenvalue weighted by Crippen LogP contribution is -2.25. The Morgan fingerprint density at radius 3 is 2.63 bits per heavy atom. The predicted octanol–water partition coefficient (Wildman–Crippen LogP) is 4.00. The van der Waals surface area contributed by atoms with Crippen molar-refractivity contribution in [3.8, 4) is 11.5 Å². The molecule has 2 N–H and O–H groups in total. The number of benzene rings is 2. The van der Waals surface area contributed by atoms with Crippen LogP contribution in [0.2, 0.25) is 5.02 Å². The third-order valence-corrected chi connectivity index (χ3v) is 4.50. The average molecular weight is 428 g/mol. The first kappa shape index (κ1) is 21.3. The number of carbonyl (C=O) groups is 2. The van der Waals surface area contributed by atoms with Crippen LogP contribution in [0.15, 0.2) is 60.8 Å². The Morgan fingerprint density at radius 2 is 1.87 bits per heavy atom. The van der Waals surface area contributed by atoms with E-state index in [-0.39, 0.29) is 22.5 Å². The van der Waals surface area contributed by atoms with Gasteiger partial charge in [0.2, 0.25) is 0 Å². The number of rotatable bonds is 7. The molecule has 0 atom stereocenters. The number of nitrogens with one attached hydrogen (secondary N) is 2. The number of amides is 2. The number of ether oxygens (including phenoxy) is 1. The van der Waals surface area contributed by atoms with E-state index in [1.54, 1.807) is 18.2 Å². The number of halogens is 2. The van der Waals surface area contributed by atoms with Crippen molar-refractivity contribution in [2.75, 3.05) is 13.6 Å². The smallest absolute Gasteiger partial charge is 0.269 e. The van der Waals surface area contributed by atoms with E-state index in [0.717, 1.165) is 11.6 Å². The number of carbonyl (C=O) groups excluding carboxylic acids is 2. The van der Waals surface area contributed by atoms with E-state index in [4.69, 9.17) is 16.3 Å². The lowest BCUT2D eigenvalue weighted by atomic mass is 10.1. The second-order valence-electron chi connectivity index (χ2n) is 6.34. The Balaban J connectivity index is 1.58. The van der Waals surface area contributed by atoms with Crippen LogP contribution in [0.25, 0.3) is 0 Å². The molecular weight excluding hydrogens is 409 g/mol. The zero-order chi connectivity index (χ0) is 21.5. The molecule has 2 aromatic carbocycles. The summed E-state index contributed by atoms with van der Waals surface area (Å²) in [7, 11) is 1.53. The van der Waals surface area contributed by atoms with Crippen molar-refractivity contribution in [3.05, 3.63) is 88.5 Å². The van der Waals surface area contributed by atoms with Gasteiger partial charge in [-0.3, -0.25) is 14.6 Å². The van der Waals surface area contributed by atoms with Crippen molar-refractivity contribution in [2.24, 2.45) is 0 Å². The minimum absolute atomic E-state index is 0.0943. The molecule has 0 bridgehead atoms. The van der Waals surface area contributed by atoms with Crippen molar-refractivity contribution in [1.29, 1.82) is 0 Å². The maximum atomic E-state index is 13.2. The summed E-state index contributed by atoms with van der Waals surface area (Å²) >= 11 is 5.71. The lowest BCUT2D eigenvalue weighted by Gasteiger charge is -2.09. The van der Waals surface area contributed by atoms with Gasteiger partial charge >= 0.3 is 0 Å². The fraction of sp³-hybridized carbons (Fsp3) is 0.136. The highest BCUT2D eigenvalue weighted by Gasteiger charge is 2.09. The van der Waals surface area contributed by atoms with Gasteiger partial charge in [-0.05, 0) is 48.4 Å². The maximum absolute atomic E-state index is 13.2. The minimum Gasteiger partial charge on any atom is -0.457 e. The highest BCUT2D eigenvalue weighted by Crippen LogP contribution is 2.22. The van der Waals surface area contributed by atoms with Crippen LogP contribution in [0.5, 0.6) is 11.5 Å². The molecule has 1 heterocycles. The zero-order valence-electron chi connectivity index (χ0n) is 16.1. The van der Waals surface area contributed by atoms with Crippen LogP contribution in [-0.4, -0.2) is 30.4 Å². The van der Waals surface area contributed by atoms with Gasteiger partial charge in [0.05, 0.1) is 5.02 Å². The van der Waals surface area contributed by atoms with Gasteiger partial charge in [-0.25, -0.2) is 4.39 Å². The predicted molar refractivity (Wildman–Crippen MR) is 112 cm³/mol. The maximum Gasteiger partial charge on any atom is 0.269 e. The molecule has 0 radical (unpaired) electrons. The zero-order valence-corrected chi connectivity index (χ0v) is 16.9. The molecule has 8 heteroatoms. The van der Waals surface area contributed by atoms with Gasteiger partial charge < -0.3 is 15.4 Å². The summed E-state index contributed by atoms with van der Waals surface area (Å²) in [6.45, 7) is 0.382. The molecule has 1 aromatic heterocycles. The Hall–Kier alpha value is -3.45. The van der Waals surface area contributed by atoms with Crippen LogP contribution in [0.4, 0.5) is 4.39 Å². The molecule has 0 aliphatic carbocycles. The normalized spacial score (nSPS) is 10.4. The largest absolute Gasteiger partial charge is 0.457 e.